The number of hydrogen-bond acceptors (Lipinski definition) is 5. The Bertz CT molecular complexity index is 631. The van der Waals surface area contributed by atoms with Gasteiger partial charge in [0.15, 0.2) is 0 Å². The predicted octanol–water partition coefficient (Wildman–Crippen LogP) is 1.76. The van der Waals surface area contributed by atoms with Crippen molar-refractivity contribution in [1.29, 1.82) is 0 Å². The molecule has 0 aliphatic carbocycles. The number of hydrazone groups is 1. The molecule has 3 N–H and O–H groups in total. The van der Waals surface area contributed by atoms with E-state index in [1.807, 2.05) is 0 Å². The SMILES string of the molecule is Cc1occc1C(=O)N/N=C\c1ccc(O)cc1O. The molecule has 0 radical (unpaired) electrons. The van der Waals surface area contributed by atoms with E-state index in [0.717, 1.165) is 0 Å². The third kappa shape index (κ3) is 2.92. The molecule has 0 spiro atoms. The molecule has 1 amide bonds. The number of carbonyl (C=O) groups is 1. The van der Waals surface area contributed by atoms with Crippen molar-refractivity contribution >= 4 is 12.1 Å². The van der Waals surface area contributed by atoms with E-state index in [4.69, 9.17) is 9.52 Å². The molecule has 1 heterocycles. The Morgan fingerprint density at radius 3 is 2.79 bits per heavy atom. The number of nitrogens with one attached hydrogen (secondary N) is 1. The maximum Gasteiger partial charge on any atom is 0.274 e. The van der Waals surface area contributed by atoms with Crippen LogP contribution in [0.5, 0.6) is 11.5 Å². The lowest BCUT2D eigenvalue weighted by Crippen LogP contribution is -2.17. The Morgan fingerprint density at radius 1 is 1.37 bits per heavy atom. The summed E-state index contributed by atoms with van der Waals surface area (Å²) >= 11 is 0. The van der Waals surface area contributed by atoms with Crippen molar-refractivity contribution in [2.24, 2.45) is 5.10 Å². The quantitative estimate of drug-likeness (QED) is 0.579. The summed E-state index contributed by atoms with van der Waals surface area (Å²) in [5.41, 5.74) is 3.09. The van der Waals surface area contributed by atoms with Crippen molar-refractivity contribution in [2.45, 2.75) is 6.92 Å². The highest BCUT2D eigenvalue weighted by molar-refractivity contribution is 5.95. The molecule has 0 aliphatic rings. The van der Waals surface area contributed by atoms with Crippen LogP contribution in [0.4, 0.5) is 0 Å². The Morgan fingerprint density at radius 2 is 2.16 bits per heavy atom. The number of aromatic hydroxyl groups is 2. The zero-order chi connectivity index (χ0) is 13.8. The van der Waals surface area contributed by atoms with Gasteiger partial charge < -0.3 is 14.6 Å². The summed E-state index contributed by atoms with van der Waals surface area (Å²) < 4.78 is 5.00. The summed E-state index contributed by atoms with van der Waals surface area (Å²) in [7, 11) is 0. The lowest BCUT2D eigenvalue weighted by molar-refractivity contribution is 0.0953. The van der Waals surface area contributed by atoms with E-state index >= 15 is 0 Å². The molecule has 6 nitrogen and oxygen atoms in total. The summed E-state index contributed by atoms with van der Waals surface area (Å²) in [5, 5.41) is 22.3. The molecule has 0 fully saturated rings. The van der Waals surface area contributed by atoms with Gasteiger partial charge in [-0.1, -0.05) is 0 Å². The van der Waals surface area contributed by atoms with E-state index in [9.17, 15) is 9.90 Å². The normalized spacial score (nSPS) is 10.8. The van der Waals surface area contributed by atoms with Crippen LogP contribution in [0.15, 0.2) is 40.0 Å². The lowest BCUT2D eigenvalue weighted by Gasteiger charge is -2.00. The number of phenolic OH excluding ortho intramolecular Hbond substituents is 2. The topological polar surface area (TPSA) is 95.1 Å². The van der Waals surface area contributed by atoms with E-state index < -0.39 is 5.91 Å². The number of phenols is 2. The molecule has 0 bridgehead atoms. The van der Waals surface area contributed by atoms with Gasteiger partial charge in [0.25, 0.3) is 5.91 Å². The largest absolute Gasteiger partial charge is 0.508 e. The van der Waals surface area contributed by atoms with Gasteiger partial charge >= 0.3 is 0 Å². The first kappa shape index (κ1) is 12.7. The average molecular weight is 260 g/mol. The van der Waals surface area contributed by atoms with Crippen molar-refractivity contribution < 1.29 is 19.4 Å². The van der Waals surface area contributed by atoms with Gasteiger partial charge in [0.05, 0.1) is 18.0 Å². The molecule has 1 aromatic heterocycles. The van der Waals surface area contributed by atoms with Gasteiger partial charge in [-0.25, -0.2) is 5.43 Å². The molecule has 1 aromatic carbocycles. The minimum Gasteiger partial charge on any atom is -0.508 e. The van der Waals surface area contributed by atoms with Crippen LogP contribution < -0.4 is 5.43 Å². The first-order chi connectivity index (χ1) is 9.08. The Balaban J connectivity index is 2.04. The first-order valence-corrected chi connectivity index (χ1v) is 5.47. The van der Waals surface area contributed by atoms with Crippen molar-refractivity contribution in [3.8, 4) is 11.5 Å². The lowest BCUT2D eigenvalue weighted by atomic mass is 10.2. The maximum absolute atomic E-state index is 11.7. The van der Waals surface area contributed by atoms with Gasteiger partial charge in [-0.05, 0) is 25.1 Å². The van der Waals surface area contributed by atoms with E-state index in [1.54, 1.807) is 6.92 Å². The molecule has 0 saturated carbocycles. The van der Waals surface area contributed by atoms with Crippen LogP contribution in [0.1, 0.15) is 21.7 Å². The zero-order valence-corrected chi connectivity index (χ0v) is 10.1. The fourth-order valence-electron chi connectivity index (χ4n) is 1.48. The van der Waals surface area contributed by atoms with E-state index in [1.165, 1.54) is 36.7 Å². The molecule has 2 aromatic rings. The Kier molecular flexibility index (Phi) is 3.51. The molecule has 0 saturated heterocycles. The third-order valence-electron chi connectivity index (χ3n) is 2.49. The van der Waals surface area contributed by atoms with Gasteiger partial charge in [-0.3, -0.25) is 4.79 Å². The molecular weight excluding hydrogens is 248 g/mol. The average Bonchev–Trinajstić information content (AvgIpc) is 2.78. The van der Waals surface area contributed by atoms with Crippen molar-refractivity contribution in [1.82, 2.24) is 5.43 Å². The molecule has 0 atom stereocenters. The second-order valence-electron chi connectivity index (χ2n) is 3.83. The minimum absolute atomic E-state index is 0.0484. The molecule has 0 unspecified atom stereocenters. The summed E-state index contributed by atoms with van der Waals surface area (Å²) in [6, 6.07) is 5.61. The number of aryl methyl sites for hydroxylation is 1. The molecular formula is C13H12N2O4. The van der Waals surface area contributed by atoms with Crippen LogP contribution in [0.3, 0.4) is 0 Å². The molecule has 19 heavy (non-hydrogen) atoms. The zero-order valence-electron chi connectivity index (χ0n) is 10.1. The number of rotatable bonds is 3. The van der Waals surface area contributed by atoms with Crippen LogP contribution in [-0.4, -0.2) is 22.3 Å². The number of furan rings is 1. The fraction of sp³-hybridized carbons (Fsp3) is 0.0769. The maximum atomic E-state index is 11.7. The fourth-order valence-corrected chi connectivity index (χ4v) is 1.48. The summed E-state index contributed by atoms with van der Waals surface area (Å²) in [6.07, 6.45) is 2.70. The number of amides is 1. The van der Waals surface area contributed by atoms with Crippen LogP contribution in [0, 0.1) is 6.92 Å². The van der Waals surface area contributed by atoms with Gasteiger partial charge in [0.1, 0.15) is 17.3 Å². The number of carbonyl (C=O) groups excluding carboxylic acids is 1. The van der Waals surface area contributed by atoms with Crippen LogP contribution in [-0.2, 0) is 0 Å². The highest BCUT2D eigenvalue weighted by atomic mass is 16.3. The van der Waals surface area contributed by atoms with Crippen LogP contribution >= 0.6 is 0 Å². The molecule has 2 rings (SSSR count). The predicted molar refractivity (Wildman–Crippen MR) is 68.3 cm³/mol. The third-order valence-corrected chi connectivity index (χ3v) is 2.49. The minimum atomic E-state index is -0.402. The van der Waals surface area contributed by atoms with E-state index in [2.05, 4.69) is 10.5 Å². The van der Waals surface area contributed by atoms with Gasteiger partial charge in [-0.2, -0.15) is 5.10 Å². The highest BCUT2D eigenvalue weighted by Crippen LogP contribution is 2.20. The Hall–Kier alpha value is -2.76. The number of hydrogen-bond donors (Lipinski definition) is 3. The van der Waals surface area contributed by atoms with Gasteiger partial charge in [-0.15, -0.1) is 0 Å². The summed E-state index contributed by atoms with van der Waals surface area (Å²) in [5.74, 6) is -0.0776. The monoisotopic (exact) mass is 260 g/mol. The molecule has 98 valence electrons. The molecule has 6 heteroatoms. The van der Waals surface area contributed by atoms with E-state index in [-0.39, 0.29) is 11.5 Å². The van der Waals surface area contributed by atoms with Crippen LogP contribution in [0.25, 0.3) is 0 Å². The second kappa shape index (κ2) is 5.26. The number of benzene rings is 1. The summed E-state index contributed by atoms with van der Waals surface area (Å²) in [6.45, 7) is 1.67. The smallest absolute Gasteiger partial charge is 0.274 e. The van der Waals surface area contributed by atoms with E-state index in [0.29, 0.717) is 16.9 Å². The van der Waals surface area contributed by atoms with Crippen LogP contribution in [0.2, 0.25) is 0 Å². The van der Waals surface area contributed by atoms with Crippen molar-refractivity contribution in [3.05, 3.63) is 47.4 Å². The molecule has 0 aliphatic heterocycles. The highest BCUT2D eigenvalue weighted by Gasteiger charge is 2.09. The number of nitrogens with zero attached hydrogens (tertiary/aromatic N) is 1. The van der Waals surface area contributed by atoms with Gasteiger partial charge in [0.2, 0.25) is 0 Å². The van der Waals surface area contributed by atoms with Crippen molar-refractivity contribution in [3.63, 3.8) is 0 Å². The second-order valence-corrected chi connectivity index (χ2v) is 3.83. The standard InChI is InChI=1S/C13H12N2O4/c1-8-11(4-5-19-8)13(18)15-14-7-9-2-3-10(16)6-12(9)17/h2-7,16-17H,1H3,(H,15,18)/b14-7-. The first-order valence-electron chi connectivity index (χ1n) is 5.47. The van der Waals surface area contributed by atoms with Crippen molar-refractivity contribution in [2.75, 3.05) is 0 Å². The Labute approximate surface area is 109 Å². The summed E-state index contributed by atoms with van der Waals surface area (Å²) in [4.78, 5) is 11.7. The van der Waals surface area contributed by atoms with Gasteiger partial charge in [0, 0.05) is 11.6 Å².